The number of aromatic nitrogens is 4. The molecule has 0 radical (unpaired) electrons. The molecular weight excluding hydrogens is 1390 g/mol. The molecule has 0 spiro atoms. The van der Waals surface area contributed by atoms with Crippen molar-refractivity contribution in [1.29, 1.82) is 0 Å². The predicted molar refractivity (Wildman–Crippen MR) is 429 cm³/mol. The second-order valence-corrected chi connectivity index (χ2v) is 34.4. The van der Waals surface area contributed by atoms with E-state index in [2.05, 4.69) is 48.5 Å². The Labute approximate surface area is 619 Å². The van der Waals surface area contributed by atoms with Crippen molar-refractivity contribution in [1.82, 2.24) is 58.4 Å². The highest BCUT2D eigenvalue weighted by molar-refractivity contribution is 7.90. The summed E-state index contributed by atoms with van der Waals surface area (Å²) in [6.45, 7) is 47.7. The lowest BCUT2D eigenvalue weighted by Gasteiger charge is -2.21. The summed E-state index contributed by atoms with van der Waals surface area (Å²) < 4.78 is 132. The summed E-state index contributed by atoms with van der Waals surface area (Å²) in [6, 6.07) is 15.4. The van der Waals surface area contributed by atoms with Gasteiger partial charge in [-0.05, 0) is 273 Å². The number of rotatable bonds is 32. The largest absolute Gasteiger partial charge is 0.354 e. The van der Waals surface area contributed by atoms with Crippen LogP contribution >= 0.6 is 0 Å². The van der Waals surface area contributed by atoms with Gasteiger partial charge in [-0.1, -0.05) is 79.7 Å². The monoisotopic (exact) mass is 1490 g/mol. The smallest absolute Gasteiger partial charge is 0.241 e. The van der Waals surface area contributed by atoms with Gasteiger partial charge in [0, 0.05) is 96.7 Å². The number of aromatic amines is 2. The highest BCUT2D eigenvalue weighted by Crippen LogP contribution is 2.46. The molecule has 3 aromatic heterocycles. The summed E-state index contributed by atoms with van der Waals surface area (Å²) in [6.07, 6.45) is 7.61. The second-order valence-electron chi connectivity index (χ2n) is 27.6. The molecule has 2 aliphatic heterocycles. The molecule has 0 fully saturated rings. The third-order valence-corrected chi connectivity index (χ3v) is 27.9. The Bertz CT molecular complexity index is 4950. The number of hydrogen-bond acceptors (Lipinski definition) is 14. The van der Waals surface area contributed by atoms with E-state index < -0.39 is 40.1 Å². The molecule has 20 nitrogen and oxygen atoms in total. The van der Waals surface area contributed by atoms with Crippen LogP contribution in [-0.4, -0.2) is 178 Å². The summed E-state index contributed by atoms with van der Waals surface area (Å²) in [4.78, 5) is 28.2. The standard InChI is InChI=1S/C80H110N12O8S4/c1-21-89(22-2)41-37-81-101(93,94)77-53(13)45-49(9)69(57(77)17)73-61-29-31-63(85-61)74(70-50(10)46-54(14)78(58(70)18)102(95,96)82-38-42-90(23-3)24-4)65-33-35-67(87-65)76(72-52(12)48-56(16)80(60(72)20)104(99,100)84-40-44-92(27-7)28-8)68-36-34-66(88-68)75(64-32-30-62(73)86-64)71-51(11)47-55(15)79(59(71)19)103(97,98)83-39-43-91(25-5)26-6/h29-36,45-48,81-86H,21-28,37-44H2,1-20H3. The molecule has 4 aromatic carbocycles. The number of nitrogens with zero attached hydrogens (tertiary/aromatic N) is 6. The summed E-state index contributed by atoms with van der Waals surface area (Å²) in [5, 5.41) is 0. The van der Waals surface area contributed by atoms with Gasteiger partial charge in [-0.25, -0.2) is 62.5 Å². The molecule has 7 aromatic rings. The van der Waals surface area contributed by atoms with Crippen LogP contribution in [0.3, 0.4) is 0 Å². The van der Waals surface area contributed by atoms with Gasteiger partial charge in [-0.2, -0.15) is 0 Å². The van der Waals surface area contributed by atoms with Crippen LogP contribution in [0.1, 0.15) is 145 Å². The fourth-order valence-corrected chi connectivity index (χ4v) is 21.9. The third kappa shape index (κ3) is 16.6. The first-order valence-corrected chi connectivity index (χ1v) is 42.6. The number of aryl methyl sites for hydroxylation is 8. The number of hydrogen-bond donors (Lipinski definition) is 6. The highest BCUT2D eigenvalue weighted by atomic mass is 32.2. The van der Waals surface area contributed by atoms with Crippen LogP contribution in [0.25, 0.3) is 90.9 Å². The molecule has 24 heteroatoms. The van der Waals surface area contributed by atoms with E-state index in [1.165, 1.54) is 0 Å². The summed E-state index contributed by atoms with van der Waals surface area (Å²) in [7, 11) is -16.6. The van der Waals surface area contributed by atoms with Crippen LogP contribution in [-0.2, 0) is 40.1 Å². The van der Waals surface area contributed by atoms with Crippen molar-refractivity contribution in [2.24, 2.45) is 0 Å². The number of likely N-dealkylation sites (N-methyl/N-ethyl adjacent to an activating group) is 4. The second kappa shape index (κ2) is 33.4. The van der Waals surface area contributed by atoms with Gasteiger partial charge in [0.2, 0.25) is 40.1 Å². The topological polar surface area (TPSA) is 255 Å². The Morgan fingerprint density at radius 3 is 0.721 bits per heavy atom. The molecule has 562 valence electrons. The minimum Gasteiger partial charge on any atom is -0.354 e. The van der Waals surface area contributed by atoms with Gasteiger partial charge in [0.05, 0.1) is 42.4 Å². The van der Waals surface area contributed by atoms with E-state index in [0.29, 0.717) is 160 Å². The summed E-state index contributed by atoms with van der Waals surface area (Å²) in [5.41, 5.74) is 16.1. The summed E-state index contributed by atoms with van der Waals surface area (Å²) >= 11 is 0. The van der Waals surface area contributed by atoms with Crippen LogP contribution in [0.15, 0.2) is 68.1 Å². The van der Waals surface area contributed by atoms with Crippen LogP contribution in [0, 0.1) is 83.1 Å². The molecule has 104 heavy (non-hydrogen) atoms. The quantitative estimate of drug-likeness (QED) is 0.0229. The van der Waals surface area contributed by atoms with E-state index in [9.17, 15) is 33.7 Å². The van der Waals surface area contributed by atoms with Crippen molar-refractivity contribution in [3.8, 4) is 44.5 Å². The maximum absolute atomic E-state index is 15.0. The fraction of sp³-hybridized carbons (Fsp3) is 0.450. The molecule has 0 saturated heterocycles. The molecular formula is C80H110N12O8S4. The Morgan fingerprint density at radius 2 is 0.490 bits per heavy atom. The number of sulfonamides is 4. The third-order valence-electron chi connectivity index (χ3n) is 20.9. The van der Waals surface area contributed by atoms with Crippen molar-refractivity contribution < 1.29 is 33.7 Å². The SMILES string of the molecule is CCN(CC)CCNS(=O)(=O)c1c(C)cc(C)c(-c2c3nc(c(-c4c(C)cc(C)c(S(=O)(=O)NCCN(CC)CC)c4C)c4ccc([nH]4)c(-c4c(C)cc(C)c(S(=O)(=O)NCCN(CC)CC)c4C)c4ccc([nH]4)c(-c4c(C)cc(C)c(S(=O)(=O)NCCN(CC)CC)c4C)c4nc2C=C4)C=C3)c1C. The molecule has 6 N–H and O–H groups in total. The van der Waals surface area contributed by atoms with Gasteiger partial charge in [0.25, 0.3) is 0 Å². The Kier molecular flexibility index (Phi) is 26.0. The lowest BCUT2D eigenvalue weighted by atomic mass is 9.91. The Hall–Kier alpha value is -7.04. The van der Waals surface area contributed by atoms with Crippen LogP contribution in [0.4, 0.5) is 0 Å². The first-order chi connectivity index (χ1) is 49.2. The lowest BCUT2D eigenvalue weighted by molar-refractivity contribution is 0.309. The maximum Gasteiger partial charge on any atom is 0.241 e. The zero-order chi connectivity index (χ0) is 76.2. The van der Waals surface area contributed by atoms with Gasteiger partial charge in [-0.15, -0.1) is 0 Å². The average Bonchev–Trinajstić information content (AvgIpc) is 1.40. The number of benzene rings is 4. The molecule has 0 atom stereocenters. The molecule has 0 aliphatic carbocycles. The van der Waals surface area contributed by atoms with E-state index in [1.54, 1.807) is 0 Å². The molecule has 0 amide bonds. The van der Waals surface area contributed by atoms with Crippen LogP contribution in [0.5, 0.6) is 0 Å². The molecule has 5 heterocycles. The number of fused-ring (bicyclic) bond motifs is 8. The van der Waals surface area contributed by atoms with Gasteiger partial charge in [0.15, 0.2) is 0 Å². The number of H-pyrrole nitrogens is 2. The Morgan fingerprint density at radius 1 is 0.288 bits per heavy atom. The van der Waals surface area contributed by atoms with Crippen molar-refractivity contribution in [3.63, 3.8) is 0 Å². The minimum absolute atomic E-state index is 0.131. The maximum atomic E-state index is 15.0. The van der Waals surface area contributed by atoms with E-state index in [4.69, 9.17) is 9.97 Å². The van der Waals surface area contributed by atoms with Gasteiger partial charge in [0.1, 0.15) is 0 Å². The normalized spacial score (nSPS) is 13.0. The zero-order valence-corrected chi connectivity index (χ0v) is 68.1. The van der Waals surface area contributed by atoms with Crippen LogP contribution < -0.4 is 18.9 Å². The van der Waals surface area contributed by atoms with Crippen molar-refractivity contribution in [3.05, 3.63) is 138 Å². The van der Waals surface area contributed by atoms with Crippen molar-refractivity contribution >= 4 is 86.5 Å². The predicted octanol–water partition coefficient (Wildman–Crippen LogP) is 13.5. The van der Waals surface area contributed by atoms with Gasteiger partial charge in [-0.3, -0.25) is 0 Å². The van der Waals surface area contributed by atoms with Crippen LogP contribution in [0.2, 0.25) is 0 Å². The van der Waals surface area contributed by atoms with Crippen molar-refractivity contribution in [2.75, 3.05) is 105 Å². The van der Waals surface area contributed by atoms with E-state index >= 15 is 0 Å². The fourth-order valence-electron chi connectivity index (χ4n) is 15.9. The van der Waals surface area contributed by atoms with E-state index in [0.717, 1.165) is 74.6 Å². The first-order valence-electron chi connectivity index (χ1n) is 36.7. The average molecular weight is 1500 g/mol. The van der Waals surface area contributed by atoms with Gasteiger partial charge >= 0.3 is 0 Å². The minimum atomic E-state index is -4.15. The molecule has 0 unspecified atom stereocenters. The summed E-state index contributed by atoms with van der Waals surface area (Å²) in [5.74, 6) is 0. The molecule has 9 rings (SSSR count). The zero-order valence-electron chi connectivity index (χ0n) is 64.8. The van der Waals surface area contributed by atoms with Crippen molar-refractivity contribution in [2.45, 2.75) is 158 Å². The Balaban J connectivity index is 1.50. The van der Waals surface area contributed by atoms with E-state index in [1.807, 2.05) is 211 Å². The van der Waals surface area contributed by atoms with Gasteiger partial charge < -0.3 is 29.6 Å². The molecule has 2 aliphatic rings. The lowest BCUT2D eigenvalue weighted by Crippen LogP contribution is -2.35. The highest BCUT2D eigenvalue weighted by Gasteiger charge is 2.33. The first kappa shape index (κ1) is 81.0. The molecule has 0 saturated carbocycles. The molecule has 8 bridgehead atoms. The van der Waals surface area contributed by atoms with E-state index in [-0.39, 0.29) is 45.8 Å². The number of nitrogens with one attached hydrogen (secondary N) is 6.